The molecule has 4 nitrogen and oxygen atoms in total. The third-order valence-corrected chi connectivity index (χ3v) is 3.15. The minimum atomic E-state index is -0.684. The van der Waals surface area contributed by atoms with Crippen molar-refractivity contribution in [3.63, 3.8) is 0 Å². The molecule has 0 aromatic carbocycles. The first-order valence-corrected chi connectivity index (χ1v) is 4.89. The first-order valence-electron chi connectivity index (χ1n) is 4.51. The molecular formula is C9H12ClN3O. The normalized spacial score (nSPS) is 22.7. The largest absolute Gasteiger partial charge is 0.387 e. The smallest absolute Gasteiger partial charge is 0.137 e. The van der Waals surface area contributed by atoms with Gasteiger partial charge in [-0.2, -0.15) is 5.10 Å². The molecule has 0 unspecified atom stereocenters. The Morgan fingerprint density at radius 1 is 1.64 bits per heavy atom. The van der Waals surface area contributed by atoms with Crippen molar-refractivity contribution < 1.29 is 5.11 Å². The van der Waals surface area contributed by atoms with Crippen LogP contribution in [-0.4, -0.2) is 30.8 Å². The minimum Gasteiger partial charge on any atom is -0.387 e. The van der Waals surface area contributed by atoms with Crippen molar-refractivity contribution in [2.75, 3.05) is 0 Å². The zero-order valence-corrected chi connectivity index (χ0v) is 8.43. The Morgan fingerprint density at radius 2 is 2.36 bits per heavy atom. The number of halogens is 1. The van der Waals surface area contributed by atoms with E-state index in [1.165, 1.54) is 12.4 Å². The van der Waals surface area contributed by atoms with Crippen molar-refractivity contribution in [1.29, 1.82) is 0 Å². The number of aliphatic hydroxyl groups is 1. The van der Waals surface area contributed by atoms with Crippen LogP contribution in [0.2, 0.25) is 0 Å². The molecule has 0 saturated heterocycles. The van der Waals surface area contributed by atoms with Gasteiger partial charge in [0.05, 0.1) is 11.0 Å². The first kappa shape index (κ1) is 9.68. The van der Waals surface area contributed by atoms with Crippen LogP contribution in [0.5, 0.6) is 0 Å². The predicted molar refractivity (Wildman–Crippen MR) is 53.1 cm³/mol. The lowest BCUT2D eigenvalue weighted by Crippen LogP contribution is -2.32. The van der Waals surface area contributed by atoms with E-state index in [1.54, 1.807) is 11.0 Å². The third-order valence-electron chi connectivity index (χ3n) is 2.54. The van der Waals surface area contributed by atoms with E-state index in [2.05, 4.69) is 16.7 Å². The number of nitrogens with zero attached hydrogens (tertiary/aromatic N) is 3. The van der Waals surface area contributed by atoms with Gasteiger partial charge in [0.15, 0.2) is 0 Å². The Bertz CT molecular complexity index is 321. The summed E-state index contributed by atoms with van der Waals surface area (Å²) < 4.78 is 1.60. The molecule has 14 heavy (non-hydrogen) atoms. The fourth-order valence-corrected chi connectivity index (χ4v) is 1.93. The molecule has 0 aliphatic heterocycles. The Labute approximate surface area is 87.2 Å². The maximum atomic E-state index is 9.77. The molecule has 1 heterocycles. The summed E-state index contributed by atoms with van der Waals surface area (Å²) in [6.07, 6.45) is 5.59. The molecule has 1 N–H and O–H groups in total. The van der Waals surface area contributed by atoms with Crippen LogP contribution in [0.1, 0.15) is 18.9 Å². The highest BCUT2D eigenvalue weighted by Crippen LogP contribution is 2.52. The molecule has 76 valence electrons. The van der Waals surface area contributed by atoms with Gasteiger partial charge in [0.1, 0.15) is 18.7 Å². The molecule has 1 aliphatic rings. The van der Waals surface area contributed by atoms with Gasteiger partial charge in [0.25, 0.3) is 0 Å². The quantitative estimate of drug-likeness (QED) is 0.603. The average molecular weight is 214 g/mol. The van der Waals surface area contributed by atoms with Gasteiger partial charge in [0.2, 0.25) is 0 Å². The van der Waals surface area contributed by atoms with Gasteiger partial charge in [-0.05, 0) is 12.8 Å². The van der Waals surface area contributed by atoms with Gasteiger partial charge in [-0.3, -0.25) is 0 Å². The summed E-state index contributed by atoms with van der Waals surface area (Å²) in [6.45, 7) is 3.56. The number of aromatic nitrogens is 3. The number of alkyl halides is 1. The number of aliphatic hydroxyl groups excluding tert-OH is 1. The molecule has 1 fully saturated rings. The summed E-state index contributed by atoms with van der Waals surface area (Å²) in [6, 6.07) is -0.260. The molecular weight excluding hydrogens is 202 g/mol. The van der Waals surface area contributed by atoms with E-state index >= 15 is 0 Å². The second-order valence-corrected chi connectivity index (χ2v) is 4.33. The van der Waals surface area contributed by atoms with Gasteiger partial charge in [-0.1, -0.05) is 6.08 Å². The number of hydrogen-bond donors (Lipinski definition) is 1. The number of rotatable bonds is 4. The monoisotopic (exact) mass is 213 g/mol. The third kappa shape index (κ3) is 1.55. The molecule has 0 amide bonds. The van der Waals surface area contributed by atoms with Gasteiger partial charge in [-0.15, -0.1) is 18.2 Å². The predicted octanol–water partition coefficient (Wildman–Crippen LogP) is 1.14. The summed E-state index contributed by atoms with van der Waals surface area (Å²) in [5.74, 6) is 0. The molecule has 2 rings (SSSR count). The van der Waals surface area contributed by atoms with Gasteiger partial charge in [0, 0.05) is 0 Å². The molecule has 0 spiro atoms. The van der Waals surface area contributed by atoms with Crippen molar-refractivity contribution in [1.82, 2.24) is 14.8 Å². The van der Waals surface area contributed by atoms with E-state index in [0.29, 0.717) is 0 Å². The van der Waals surface area contributed by atoms with Crippen LogP contribution >= 0.6 is 11.6 Å². The summed E-state index contributed by atoms with van der Waals surface area (Å²) in [5, 5.41) is 13.8. The highest BCUT2D eigenvalue weighted by Gasteiger charge is 2.51. The van der Waals surface area contributed by atoms with E-state index in [-0.39, 0.29) is 10.9 Å². The SMILES string of the molecule is C=C[C@H](O)[C@H](n1cncn1)C1(Cl)CC1. The molecule has 0 radical (unpaired) electrons. The van der Waals surface area contributed by atoms with Gasteiger partial charge in [-0.25, -0.2) is 9.67 Å². The Kier molecular flexibility index (Phi) is 2.33. The minimum absolute atomic E-state index is 0.260. The Morgan fingerprint density at radius 3 is 2.79 bits per heavy atom. The standard InChI is InChI=1S/C9H12ClN3O/c1-2-7(14)8(9(10)3-4-9)13-6-11-5-12-13/h2,5-8,14H,1,3-4H2/t7-,8-/m0/s1. The highest BCUT2D eigenvalue weighted by atomic mass is 35.5. The van der Waals surface area contributed by atoms with Crippen LogP contribution < -0.4 is 0 Å². The van der Waals surface area contributed by atoms with Crippen LogP contribution in [0.25, 0.3) is 0 Å². The van der Waals surface area contributed by atoms with E-state index in [4.69, 9.17) is 11.6 Å². The summed E-state index contributed by atoms with van der Waals surface area (Å²) in [7, 11) is 0. The lowest BCUT2D eigenvalue weighted by atomic mass is 10.1. The maximum Gasteiger partial charge on any atom is 0.137 e. The van der Waals surface area contributed by atoms with E-state index < -0.39 is 6.10 Å². The molecule has 1 aromatic heterocycles. The van der Waals surface area contributed by atoms with Crippen molar-refractivity contribution in [3.8, 4) is 0 Å². The fourth-order valence-electron chi connectivity index (χ4n) is 1.60. The summed E-state index contributed by atoms with van der Waals surface area (Å²) in [4.78, 5) is 3.48. The summed E-state index contributed by atoms with van der Waals surface area (Å²) >= 11 is 6.28. The highest BCUT2D eigenvalue weighted by molar-refractivity contribution is 6.26. The second-order valence-electron chi connectivity index (χ2n) is 3.58. The maximum absolute atomic E-state index is 9.77. The zero-order chi connectivity index (χ0) is 10.2. The molecule has 2 atom stereocenters. The zero-order valence-electron chi connectivity index (χ0n) is 7.67. The molecule has 5 heteroatoms. The van der Waals surface area contributed by atoms with Crippen LogP contribution in [0.3, 0.4) is 0 Å². The van der Waals surface area contributed by atoms with Crippen LogP contribution in [0.4, 0.5) is 0 Å². The first-order chi connectivity index (χ1) is 6.67. The van der Waals surface area contributed by atoms with Crippen molar-refractivity contribution in [2.45, 2.75) is 29.9 Å². The molecule has 1 saturated carbocycles. The Balaban J connectivity index is 2.27. The van der Waals surface area contributed by atoms with Gasteiger partial charge < -0.3 is 5.11 Å². The molecule has 1 aromatic rings. The Hall–Kier alpha value is -0.870. The molecule has 1 aliphatic carbocycles. The lowest BCUT2D eigenvalue weighted by Gasteiger charge is -2.24. The van der Waals surface area contributed by atoms with Crippen molar-refractivity contribution >= 4 is 11.6 Å². The molecule has 0 bridgehead atoms. The van der Waals surface area contributed by atoms with E-state index in [1.807, 2.05) is 0 Å². The topological polar surface area (TPSA) is 50.9 Å². The van der Waals surface area contributed by atoms with Crippen LogP contribution in [-0.2, 0) is 0 Å². The van der Waals surface area contributed by atoms with E-state index in [0.717, 1.165) is 12.8 Å². The van der Waals surface area contributed by atoms with Crippen LogP contribution in [0, 0.1) is 0 Å². The summed E-state index contributed by atoms with van der Waals surface area (Å²) in [5.41, 5.74) is 0. The second kappa shape index (κ2) is 3.37. The van der Waals surface area contributed by atoms with Gasteiger partial charge >= 0.3 is 0 Å². The van der Waals surface area contributed by atoms with Crippen LogP contribution in [0.15, 0.2) is 25.3 Å². The van der Waals surface area contributed by atoms with Crippen molar-refractivity contribution in [3.05, 3.63) is 25.3 Å². The lowest BCUT2D eigenvalue weighted by molar-refractivity contribution is 0.141. The number of hydrogen-bond acceptors (Lipinski definition) is 3. The fraction of sp³-hybridized carbons (Fsp3) is 0.556. The van der Waals surface area contributed by atoms with E-state index in [9.17, 15) is 5.11 Å². The van der Waals surface area contributed by atoms with Crippen molar-refractivity contribution in [2.24, 2.45) is 0 Å². The average Bonchev–Trinajstić information content (AvgIpc) is 2.69.